The fourth-order valence-corrected chi connectivity index (χ4v) is 4.00. The molecule has 7 nitrogen and oxygen atoms in total. The van der Waals surface area contributed by atoms with Crippen molar-refractivity contribution in [2.75, 3.05) is 38.8 Å². The smallest absolute Gasteiger partial charge is 0.295 e. The van der Waals surface area contributed by atoms with E-state index >= 15 is 0 Å². The van der Waals surface area contributed by atoms with E-state index in [0.29, 0.717) is 43.2 Å². The summed E-state index contributed by atoms with van der Waals surface area (Å²) in [5.41, 5.74) is 2.28. The monoisotopic (exact) mass is 422 g/mol. The Morgan fingerprint density at radius 1 is 1.06 bits per heavy atom. The number of nitrogens with zero attached hydrogens (tertiary/aromatic N) is 2. The van der Waals surface area contributed by atoms with Gasteiger partial charge in [0.15, 0.2) is 11.5 Å². The van der Waals surface area contributed by atoms with Gasteiger partial charge >= 0.3 is 0 Å². The highest BCUT2D eigenvalue weighted by molar-refractivity contribution is 6.46. The Labute approximate surface area is 181 Å². The van der Waals surface area contributed by atoms with Crippen LogP contribution in [0.1, 0.15) is 30.5 Å². The van der Waals surface area contributed by atoms with Crippen LogP contribution < -0.4 is 14.4 Å². The minimum Gasteiger partial charge on any atom is -0.507 e. The van der Waals surface area contributed by atoms with E-state index in [1.54, 1.807) is 18.2 Å². The Hall–Kier alpha value is -3.48. The zero-order valence-corrected chi connectivity index (χ0v) is 17.9. The Morgan fingerprint density at radius 3 is 2.39 bits per heavy atom. The van der Waals surface area contributed by atoms with Crippen LogP contribution in [0.25, 0.3) is 5.76 Å². The third-order valence-electron chi connectivity index (χ3n) is 5.55. The molecule has 2 heterocycles. The molecule has 0 aliphatic carbocycles. The number of amides is 1. The SMILES string of the molecule is CCCN1C(=O)C(=O)/C(=C(\O)c2ccc3c(c2)OCCO3)C1c1ccc(N(C)C)cc1. The van der Waals surface area contributed by atoms with Crippen molar-refractivity contribution in [2.24, 2.45) is 0 Å². The summed E-state index contributed by atoms with van der Waals surface area (Å²) in [6, 6.07) is 12.0. The van der Waals surface area contributed by atoms with E-state index in [9.17, 15) is 14.7 Å². The lowest BCUT2D eigenvalue weighted by molar-refractivity contribution is -0.139. The zero-order chi connectivity index (χ0) is 22.1. The second-order valence-electron chi connectivity index (χ2n) is 7.84. The van der Waals surface area contributed by atoms with Crippen molar-refractivity contribution in [3.05, 3.63) is 59.2 Å². The summed E-state index contributed by atoms with van der Waals surface area (Å²) >= 11 is 0. The van der Waals surface area contributed by atoms with Crippen molar-refractivity contribution >= 4 is 23.1 Å². The Morgan fingerprint density at radius 2 is 1.74 bits per heavy atom. The van der Waals surface area contributed by atoms with Gasteiger partial charge in [0.25, 0.3) is 11.7 Å². The number of likely N-dealkylation sites (tertiary alicyclic amines) is 1. The minimum atomic E-state index is -0.678. The molecule has 2 aliphatic rings. The van der Waals surface area contributed by atoms with Gasteiger partial charge in [-0.2, -0.15) is 0 Å². The van der Waals surface area contributed by atoms with Gasteiger partial charge in [-0.3, -0.25) is 9.59 Å². The Bertz CT molecular complexity index is 1040. The number of hydrogen-bond acceptors (Lipinski definition) is 6. The summed E-state index contributed by atoms with van der Waals surface area (Å²) in [4.78, 5) is 29.3. The van der Waals surface area contributed by atoms with Crippen LogP contribution in [0.4, 0.5) is 5.69 Å². The summed E-state index contributed by atoms with van der Waals surface area (Å²) in [5, 5.41) is 11.1. The number of ether oxygens (including phenoxy) is 2. The minimum absolute atomic E-state index is 0.0905. The third-order valence-corrected chi connectivity index (χ3v) is 5.55. The number of carbonyl (C=O) groups excluding carboxylic acids is 2. The molecule has 1 unspecified atom stereocenters. The van der Waals surface area contributed by atoms with Crippen molar-refractivity contribution in [3.8, 4) is 11.5 Å². The molecule has 0 radical (unpaired) electrons. The number of benzene rings is 2. The van der Waals surface area contributed by atoms with E-state index < -0.39 is 17.7 Å². The van der Waals surface area contributed by atoms with Crippen LogP contribution in [-0.4, -0.2) is 55.6 Å². The average Bonchev–Trinajstić information content (AvgIpc) is 3.03. The first-order valence-electron chi connectivity index (χ1n) is 10.4. The molecule has 31 heavy (non-hydrogen) atoms. The predicted octanol–water partition coefficient (Wildman–Crippen LogP) is 3.36. The molecule has 0 saturated carbocycles. The molecule has 0 bridgehead atoms. The van der Waals surface area contributed by atoms with Crippen LogP contribution in [0.15, 0.2) is 48.0 Å². The first-order valence-corrected chi connectivity index (χ1v) is 10.4. The highest BCUT2D eigenvalue weighted by atomic mass is 16.6. The number of rotatable bonds is 5. The Kier molecular flexibility index (Phi) is 5.59. The van der Waals surface area contributed by atoms with Gasteiger partial charge in [0.1, 0.15) is 19.0 Å². The second kappa shape index (κ2) is 8.34. The van der Waals surface area contributed by atoms with Crippen molar-refractivity contribution < 1.29 is 24.2 Å². The number of aliphatic hydroxyl groups excluding tert-OH is 1. The summed E-state index contributed by atoms with van der Waals surface area (Å²) < 4.78 is 11.1. The Balaban J connectivity index is 1.82. The molecule has 2 aromatic rings. The average molecular weight is 422 g/mol. The van der Waals surface area contributed by atoms with Crippen molar-refractivity contribution in [2.45, 2.75) is 19.4 Å². The van der Waals surface area contributed by atoms with Gasteiger partial charge in [0, 0.05) is 31.9 Å². The summed E-state index contributed by atoms with van der Waals surface area (Å²) in [6.45, 7) is 3.24. The highest BCUT2D eigenvalue weighted by Crippen LogP contribution is 2.41. The van der Waals surface area contributed by atoms with Crippen LogP contribution >= 0.6 is 0 Å². The van der Waals surface area contributed by atoms with Gasteiger partial charge in [0.2, 0.25) is 0 Å². The maximum Gasteiger partial charge on any atom is 0.295 e. The normalized spacial score (nSPS) is 19.6. The molecule has 0 spiro atoms. The van der Waals surface area contributed by atoms with E-state index in [-0.39, 0.29) is 11.3 Å². The largest absolute Gasteiger partial charge is 0.507 e. The van der Waals surface area contributed by atoms with Gasteiger partial charge < -0.3 is 24.4 Å². The van der Waals surface area contributed by atoms with E-state index in [0.717, 1.165) is 11.3 Å². The molecule has 1 atom stereocenters. The molecule has 4 rings (SSSR count). The first-order chi connectivity index (χ1) is 14.9. The van der Waals surface area contributed by atoms with Gasteiger partial charge in [-0.05, 0) is 42.3 Å². The van der Waals surface area contributed by atoms with Crippen LogP contribution in [0.3, 0.4) is 0 Å². The van der Waals surface area contributed by atoms with Crippen molar-refractivity contribution in [1.29, 1.82) is 0 Å². The molecule has 162 valence electrons. The van der Waals surface area contributed by atoms with Crippen molar-refractivity contribution in [3.63, 3.8) is 0 Å². The highest BCUT2D eigenvalue weighted by Gasteiger charge is 2.45. The zero-order valence-electron chi connectivity index (χ0n) is 17.9. The second-order valence-corrected chi connectivity index (χ2v) is 7.84. The number of ketones is 1. The standard InChI is InChI=1S/C24H26N2O5/c1-4-11-26-21(15-5-8-17(9-6-15)25(2)3)20(23(28)24(26)29)22(27)16-7-10-18-19(14-16)31-13-12-30-18/h5-10,14,21,27H,4,11-13H2,1-3H3/b22-20-. The number of hydrogen-bond donors (Lipinski definition) is 1. The van der Waals surface area contributed by atoms with E-state index in [4.69, 9.17) is 9.47 Å². The maximum atomic E-state index is 13.0. The topological polar surface area (TPSA) is 79.3 Å². The fraction of sp³-hybridized carbons (Fsp3) is 0.333. The summed E-state index contributed by atoms with van der Waals surface area (Å²) in [5.74, 6) is -0.393. The molecule has 2 aliphatic heterocycles. The van der Waals surface area contributed by atoms with E-state index in [1.165, 1.54) is 4.90 Å². The summed E-state index contributed by atoms with van der Waals surface area (Å²) in [6.07, 6.45) is 0.698. The van der Waals surface area contributed by atoms with Crippen LogP contribution in [0.5, 0.6) is 11.5 Å². The predicted molar refractivity (Wildman–Crippen MR) is 118 cm³/mol. The molecule has 2 aromatic carbocycles. The van der Waals surface area contributed by atoms with Gasteiger partial charge in [0.05, 0.1) is 11.6 Å². The maximum absolute atomic E-state index is 13.0. The van der Waals surface area contributed by atoms with Crippen LogP contribution in [-0.2, 0) is 9.59 Å². The van der Waals surface area contributed by atoms with Crippen molar-refractivity contribution in [1.82, 2.24) is 4.90 Å². The third kappa shape index (κ3) is 3.71. The van der Waals surface area contributed by atoms with Gasteiger partial charge in [-0.25, -0.2) is 0 Å². The number of fused-ring (bicyclic) bond motifs is 1. The fourth-order valence-electron chi connectivity index (χ4n) is 4.00. The molecule has 1 saturated heterocycles. The van der Waals surface area contributed by atoms with Gasteiger partial charge in [-0.15, -0.1) is 0 Å². The molecule has 1 amide bonds. The molecule has 7 heteroatoms. The lowest BCUT2D eigenvalue weighted by Crippen LogP contribution is -2.30. The van der Waals surface area contributed by atoms with E-state index in [1.807, 2.05) is 50.2 Å². The van der Waals surface area contributed by atoms with Crippen LogP contribution in [0.2, 0.25) is 0 Å². The lowest BCUT2D eigenvalue weighted by atomic mass is 9.95. The quantitative estimate of drug-likeness (QED) is 0.452. The molecular weight excluding hydrogens is 396 g/mol. The number of anilines is 1. The molecule has 0 aromatic heterocycles. The van der Waals surface area contributed by atoms with E-state index in [2.05, 4.69) is 0 Å². The lowest BCUT2D eigenvalue weighted by Gasteiger charge is -2.25. The molecule has 1 fully saturated rings. The van der Waals surface area contributed by atoms with Crippen LogP contribution in [0, 0.1) is 0 Å². The number of Topliss-reactive ketones (excluding diaryl/α,β-unsaturated/α-hetero) is 1. The first kappa shape index (κ1) is 20.8. The molecule has 1 N–H and O–H groups in total. The molecular formula is C24H26N2O5. The number of carbonyl (C=O) groups is 2. The summed E-state index contributed by atoms with van der Waals surface area (Å²) in [7, 11) is 3.89. The number of aliphatic hydroxyl groups is 1. The van der Waals surface area contributed by atoms with Gasteiger partial charge in [-0.1, -0.05) is 19.1 Å².